The summed E-state index contributed by atoms with van der Waals surface area (Å²) in [6, 6.07) is 108. The molecule has 0 aliphatic carbocycles. The summed E-state index contributed by atoms with van der Waals surface area (Å²) in [5.41, 5.74) is 10.8. The van der Waals surface area contributed by atoms with Gasteiger partial charge >= 0.3 is 7.12 Å². The number of halogens is 1. The van der Waals surface area contributed by atoms with Crippen molar-refractivity contribution < 1.29 is 9.31 Å². The van der Waals surface area contributed by atoms with Crippen LogP contribution in [0.2, 0.25) is 5.28 Å². The van der Waals surface area contributed by atoms with Gasteiger partial charge in [0.2, 0.25) is 5.28 Å². The zero-order valence-corrected chi connectivity index (χ0v) is 63.0. The van der Waals surface area contributed by atoms with E-state index in [-0.39, 0.29) is 23.6 Å². The molecular formula is C94H62BClN6O2S4. The van der Waals surface area contributed by atoms with Gasteiger partial charge in [-0.05, 0) is 131 Å². The van der Waals surface area contributed by atoms with E-state index in [4.69, 9.17) is 35.9 Å². The molecule has 1 aliphatic heterocycles. The van der Waals surface area contributed by atoms with Crippen LogP contribution >= 0.6 is 56.9 Å². The largest absolute Gasteiger partial charge is 0.494 e. The molecule has 14 heteroatoms. The number of benzene rings is 14. The zero-order chi connectivity index (χ0) is 72.1. The van der Waals surface area contributed by atoms with Gasteiger partial charge in [0.05, 0.1) is 53.4 Å². The van der Waals surface area contributed by atoms with Crippen molar-refractivity contribution in [3.05, 3.63) is 309 Å². The number of aromatic nitrogens is 6. The first-order valence-corrected chi connectivity index (χ1v) is 39.8. The number of hydrogen-bond acceptors (Lipinski definition) is 10. The van der Waals surface area contributed by atoms with Crippen LogP contribution in [0.4, 0.5) is 0 Å². The molecule has 0 amide bonds. The molecule has 1 fully saturated rings. The molecule has 0 bridgehead atoms. The Labute approximate surface area is 641 Å². The average Bonchev–Trinajstić information content (AvgIpc) is 1.53. The number of hydrogen-bond donors (Lipinski definition) is 0. The van der Waals surface area contributed by atoms with Crippen LogP contribution < -0.4 is 5.46 Å². The minimum atomic E-state index is -0.307. The van der Waals surface area contributed by atoms with Gasteiger partial charge < -0.3 is 9.31 Å². The summed E-state index contributed by atoms with van der Waals surface area (Å²) in [6.07, 6.45) is 0. The third-order valence-electron chi connectivity index (χ3n) is 21.9. The third-order valence-corrected chi connectivity index (χ3v) is 26.5. The van der Waals surface area contributed by atoms with E-state index >= 15 is 0 Å². The smallest absolute Gasteiger partial charge is 0.399 e. The zero-order valence-electron chi connectivity index (χ0n) is 59.0. The van der Waals surface area contributed by atoms with Crippen LogP contribution in [0.1, 0.15) is 27.7 Å². The molecule has 23 rings (SSSR count). The lowest BCUT2D eigenvalue weighted by Crippen LogP contribution is -2.41. The van der Waals surface area contributed by atoms with Crippen LogP contribution in [0.15, 0.2) is 303 Å². The van der Waals surface area contributed by atoms with Crippen LogP contribution in [0.5, 0.6) is 0 Å². The summed E-state index contributed by atoms with van der Waals surface area (Å²) in [5.74, 6) is 2.48. The second-order valence-corrected chi connectivity index (χ2v) is 33.1. The van der Waals surface area contributed by atoms with Crippen molar-refractivity contribution in [1.82, 2.24) is 29.1 Å². The maximum atomic E-state index is 6.62. The van der Waals surface area contributed by atoms with Gasteiger partial charge in [-0.25, -0.2) is 15.0 Å². The summed E-state index contributed by atoms with van der Waals surface area (Å²) in [6.45, 7) is 8.31. The van der Waals surface area contributed by atoms with Crippen molar-refractivity contribution in [2.24, 2.45) is 0 Å². The van der Waals surface area contributed by atoms with Gasteiger partial charge in [-0.1, -0.05) is 261 Å². The summed E-state index contributed by atoms with van der Waals surface area (Å²) >= 11 is 13.8. The third kappa shape index (κ3) is 10.3. The lowest BCUT2D eigenvalue weighted by atomic mass is 9.78. The molecule has 514 valence electrons. The fourth-order valence-corrected chi connectivity index (χ4v) is 21.1. The number of nitrogens with zero attached hydrogens (tertiary/aromatic N) is 6. The predicted molar refractivity (Wildman–Crippen MR) is 463 cm³/mol. The van der Waals surface area contributed by atoms with Crippen LogP contribution in [-0.4, -0.2) is 47.4 Å². The highest BCUT2D eigenvalue weighted by atomic mass is 35.5. The van der Waals surface area contributed by atoms with E-state index in [1.807, 2.05) is 28.7 Å². The average molecular weight is 1480 g/mol. The Bertz CT molecular complexity index is 7430. The first-order valence-electron chi connectivity index (χ1n) is 36.2. The Morgan fingerprint density at radius 2 is 0.657 bits per heavy atom. The molecule has 0 radical (unpaired) electrons. The van der Waals surface area contributed by atoms with Gasteiger partial charge in [0.1, 0.15) is 9.66 Å². The Morgan fingerprint density at radius 1 is 0.306 bits per heavy atom. The molecule has 108 heavy (non-hydrogen) atoms. The van der Waals surface area contributed by atoms with E-state index in [1.165, 1.54) is 126 Å². The quantitative estimate of drug-likeness (QED) is 0.122. The maximum absolute atomic E-state index is 6.62. The number of rotatable bonds is 6. The normalized spacial score (nSPS) is 13.7. The highest BCUT2D eigenvalue weighted by Crippen LogP contribution is 2.52. The van der Waals surface area contributed by atoms with Crippen LogP contribution in [0.25, 0.3) is 191 Å². The minimum Gasteiger partial charge on any atom is -0.399 e. The van der Waals surface area contributed by atoms with Crippen LogP contribution in [-0.2, 0) is 9.31 Å². The van der Waals surface area contributed by atoms with Gasteiger partial charge in [-0.15, -0.1) is 45.3 Å². The Balaban J connectivity index is 0.000000112. The molecule has 0 spiro atoms. The number of fused-ring (bicyclic) bond motifs is 26. The van der Waals surface area contributed by atoms with Crippen molar-refractivity contribution in [3.63, 3.8) is 0 Å². The van der Waals surface area contributed by atoms with Crippen molar-refractivity contribution in [2.45, 2.75) is 38.9 Å². The molecule has 8 nitrogen and oxygen atoms in total. The molecule has 8 aromatic heterocycles. The highest BCUT2D eigenvalue weighted by molar-refractivity contribution is 7.28. The molecule has 0 atom stereocenters. The first-order chi connectivity index (χ1) is 53.0. The summed E-state index contributed by atoms with van der Waals surface area (Å²) in [4.78, 5) is 22.3. The molecule has 1 aliphatic rings. The van der Waals surface area contributed by atoms with E-state index in [9.17, 15) is 0 Å². The second kappa shape index (κ2) is 25.3. The maximum Gasteiger partial charge on any atom is 0.494 e. The van der Waals surface area contributed by atoms with E-state index < -0.39 is 0 Å². The predicted octanol–water partition coefficient (Wildman–Crippen LogP) is 26.6. The lowest BCUT2D eigenvalue weighted by Gasteiger charge is -2.32. The van der Waals surface area contributed by atoms with Crippen LogP contribution in [0.3, 0.4) is 0 Å². The van der Waals surface area contributed by atoms with E-state index in [0.29, 0.717) is 0 Å². The Hall–Kier alpha value is -11.5. The monoisotopic (exact) mass is 1480 g/mol. The molecule has 1 saturated heterocycles. The molecular weight excluding hydrogens is 1420 g/mol. The van der Waals surface area contributed by atoms with Gasteiger partial charge in [-0.3, -0.25) is 9.13 Å². The van der Waals surface area contributed by atoms with E-state index in [1.54, 1.807) is 22.7 Å². The molecule has 14 aromatic carbocycles. The van der Waals surface area contributed by atoms with Gasteiger partial charge in [0.15, 0.2) is 17.5 Å². The summed E-state index contributed by atoms with van der Waals surface area (Å²) in [5, 5.41) is 20.0. The van der Waals surface area contributed by atoms with Crippen LogP contribution in [0, 0.1) is 0 Å². The highest BCUT2D eigenvalue weighted by Gasteiger charge is 2.51. The van der Waals surface area contributed by atoms with Crippen molar-refractivity contribution in [3.8, 4) is 45.3 Å². The first kappa shape index (κ1) is 64.9. The van der Waals surface area contributed by atoms with Gasteiger partial charge in [0.25, 0.3) is 0 Å². The molecule has 22 aromatic rings. The van der Waals surface area contributed by atoms with Crippen molar-refractivity contribution in [2.75, 3.05) is 0 Å². The SMILES string of the molecule is CC1(C)OB(c2cccc(-c3ccccc3)c2)OC1(C)C.Clc1nc(-n2c3ccccc3c3c4ccccc4c4c5ccccc5sc4c32)c2c(n1)sc1ccccc12.c1ccc(-c2cccc(-c3nc(-n4c5ccccc5c5c6ccccc6c6c7ccccc7sc6c54)c4c(n3)sc3ccccc34)c2)cc1. The molecule has 0 N–H and O–H groups in total. The summed E-state index contributed by atoms with van der Waals surface area (Å²) < 4.78 is 24.5. The van der Waals surface area contributed by atoms with Gasteiger partial charge in [0, 0.05) is 78.2 Å². The number of para-hydroxylation sites is 2. The van der Waals surface area contributed by atoms with E-state index in [0.717, 1.165) is 70.9 Å². The topological polar surface area (TPSA) is 79.9 Å². The summed E-state index contributed by atoms with van der Waals surface area (Å²) in [7, 11) is -0.307. The molecule has 0 saturated carbocycles. The van der Waals surface area contributed by atoms with Gasteiger partial charge in [-0.2, -0.15) is 4.98 Å². The lowest BCUT2D eigenvalue weighted by molar-refractivity contribution is 0.00578. The fraction of sp³-hybridized carbons (Fsp3) is 0.0638. The molecule has 0 unspecified atom stereocenters. The van der Waals surface area contributed by atoms with Crippen molar-refractivity contribution >= 4 is 216 Å². The minimum absolute atomic E-state index is 0.262. The van der Waals surface area contributed by atoms with Crippen molar-refractivity contribution in [1.29, 1.82) is 0 Å². The molecule has 9 heterocycles. The Morgan fingerprint density at radius 3 is 1.14 bits per heavy atom. The number of thiophene rings is 4. The second-order valence-electron chi connectivity index (χ2n) is 28.6. The fourth-order valence-electron chi connectivity index (χ4n) is 16.3. The standard InChI is InChI=1S/C44H25N3S2.C32H16ClN3S2.C18H21BO2/c1-2-13-26(14-3-1)27-15-12-16-28(25-27)42-45-43(39-33-21-8-11-24-36(33)49-44(39)46-42)47-34-22-9-6-19-31(34)37-29-17-4-5-18-30(29)38-32-20-7-10-23-35(32)48-41(38)40(37)47;33-32-34-30(27-21-13-5-8-16-24(21)38-31(27)35-32)36-22-14-6-3-11-19(22)25-17-9-1-2-10-18(17)26-20-12-4-7-15-23(20)37-29(26)28(25)36;1-17(2)18(3,4)21-19(20-17)16-12-8-11-15(13-16)14-9-6-5-7-10-14/h1-25H;1-16H;5-13H,1-4H3. The Kier molecular flexibility index (Phi) is 15.2. The van der Waals surface area contributed by atoms with E-state index in [2.05, 4.69) is 339 Å².